The summed E-state index contributed by atoms with van der Waals surface area (Å²) in [4.78, 5) is 0. The van der Waals surface area contributed by atoms with Crippen molar-refractivity contribution in [2.24, 2.45) is 5.73 Å². The van der Waals surface area contributed by atoms with Crippen LogP contribution >= 0.6 is 0 Å². The Morgan fingerprint density at radius 3 is 2.27 bits per heavy atom. The van der Waals surface area contributed by atoms with Gasteiger partial charge in [-0.1, -0.05) is 13.5 Å². The fourth-order valence-electron chi connectivity index (χ4n) is 0.871. The molecule has 0 amide bonds. The summed E-state index contributed by atoms with van der Waals surface area (Å²) >= 11 is 0. The van der Waals surface area contributed by atoms with Crippen molar-refractivity contribution >= 4 is 0 Å². The Hall–Kier alpha value is -0.760. The van der Waals surface area contributed by atoms with E-state index in [1.807, 2.05) is 13.8 Å². The lowest BCUT2D eigenvalue weighted by molar-refractivity contribution is 0.304. The topological polar surface area (TPSA) is 35.2 Å². The molecule has 0 unspecified atom stereocenters. The third-order valence-corrected chi connectivity index (χ3v) is 1.50. The molecule has 0 bridgehead atoms. The molecule has 0 heterocycles. The van der Waals surface area contributed by atoms with Crippen LogP contribution in [0.2, 0.25) is 0 Å². The Morgan fingerprint density at radius 1 is 1.45 bits per heavy atom. The van der Waals surface area contributed by atoms with Gasteiger partial charge in [0.05, 0.1) is 5.76 Å². The Labute approximate surface area is 68.7 Å². The maximum absolute atomic E-state index is 5.49. The van der Waals surface area contributed by atoms with Crippen molar-refractivity contribution in [3.8, 4) is 0 Å². The molecule has 2 nitrogen and oxygen atoms in total. The van der Waals surface area contributed by atoms with Crippen LogP contribution in [0.5, 0.6) is 0 Å². The van der Waals surface area contributed by atoms with E-state index in [2.05, 4.69) is 13.5 Å². The Kier molecular flexibility index (Phi) is 4.62. The van der Waals surface area contributed by atoms with Crippen molar-refractivity contribution in [3.63, 3.8) is 0 Å². The first-order valence-electron chi connectivity index (χ1n) is 3.83. The van der Waals surface area contributed by atoms with E-state index in [1.54, 1.807) is 0 Å². The van der Waals surface area contributed by atoms with Gasteiger partial charge in [0.2, 0.25) is 0 Å². The van der Waals surface area contributed by atoms with Gasteiger partial charge in [-0.25, -0.2) is 0 Å². The van der Waals surface area contributed by atoms with E-state index in [1.165, 1.54) is 0 Å². The minimum atomic E-state index is 0.565. The highest BCUT2D eigenvalue weighted by Crippen LogP contribution is 2.10. The molecule has 0 aromatic rings. The quantitative estimate of drug-likeness (QED) is 0.631. The molecule has 0 saturated heterocycles. The lowest BCUT2D eigenvalue weighted by atomic mass is 10.2. The van der Waals surface area contributed by atoms with Gasteiger partial charge in [-0.3, -0.25) is 0 Å². The highest BCUT2D eigenvalue weighted by molar-refractivity contribution is 5.09. The van der Waals surface area contributed by atoms with Gasteiger partial charge in [0.1, 0.15) is 5.76 Å². The van der Waals surface area contributed by atoms with E-state index in [4.69, 9.17) is 10.5 Å². The second-order valence-corrected chi connectivity index (χ2v) is 2.52. The lowest BCUT2D eigenvalue weighted by Crippen LogP contribution is -2.05. The first-order chi connectivity index (χ1) is 5.11. The van der Waals surface area contributed by atoms with Crippen molar-refractivity contribution < 1.29 is 4.74 Å². The van der Waals surface area contributed by atoms with Crippen molar-refractivity contribution in [1.82, 2.24) is 0 Å². The summed E-state index contributed by atoms with van der Waals surface area (Å²) in [5.74, 6) is 1.60. The highest BCUT2D eigenvalue weighted by atomic mass is 16.5. The van der Waals surface area contributed by atoms with E-state index in [0.717, 1.165) is 17.8 Å². The number of hydrogen-bond acceptors (Lipinski definition) is 2. The molecule has 2 N–H and O–H groups in total. The predicted molar refractivity (Wildman–Crippen MR) is 47.9 cm³/mol. The number of ether oxygens (including phenoxy) is 1. The third kappa shape index (κ3) is 3.83. The molecule has 0 saturated carbocycles. The molecule has 0 aliphatic heterocycles. The first-order valence-corrected chi connectivity index (χ1v) is 3.83. The van der Waals surface area contributed by atoms with Crippen molar-refractivity contribution in [2.45, 2.75) is 27.2 Å². The molecule has 0 rings (SSSR count). The zero-order chi connectivity index (χ0) is 8.85. The maximum Gasteiger partial charge on any atom is 0.101 e. The van der Waals surface area contributed by atoms with E-state index >= 15 is 0 Å². The van der Waals surface area contributed by atoms with E-state index in [9.17, 15) is 0 Å². The maximum atomic E-state index is 5.49. The molecule has 0 fully saturated rings. The molecule has 0 aliphatic rings. The van der Waals surface area contributed by atoms with Crippen LogP contribution in [0.1, 0.15) is 27.2 Å². The smallest absolute Gasteiger partial charge is 0.101 e. The first kappa shape index (κ1) is 10.2. The van der Waals surface area contributed by atoms with Gasteiger partial charge < -0.3 is 10.5 Å². The van der Waals surface area contributed by atoms with E-state index < -0.39 is 0 Å². The molecule has 64 valence electrons. The second-order valence-electron chi connectivity index (χ2n) is 2.52. The summed E-state index contributed by atoms with van der Waals surface area (Å²) in [6.45, 7) is 10.0. The third-order valence-electron chi connectivity index (χ3n) is 1.50. The summed E-state index contributed by atoms with van der Waals surface area (Å²) < 4.78 is 5.30. The van der Waals surface area contributed by atoms with Crippen molar-refractivity contribution in [2.75, 3.05) is 6.54 Å². The summed E-state index contributed by atoms with van der Waals surface area (Å²) in [7, 11) is 0. The molecule has 0 aromatic heterocycles. The summed E-state index contributed by atoms with van der Waals surface area (Å²) in [5, 5.41) is 0. The number of rotatable bonds is 4. The van der Waals surface area contributed by atoms with Gasteiger partial charge in [-0.15, -0.1) is 0 Å². The van der Waals surface area contributed by atoms with Crippen LogP contribution in [0.15, 0.2) is 23.7 Å². The van der Waals surface area contributed by atoms with Gasteiger partial charge in [0.15, 0.2) is 0 Å². The van der Waals surface area contributed by atoms with Crippen LogP contribution in [0.4, 0.5) is 0 Å². The van der Waals surface area contributed by atoms with Gasteiger partial charge >= 0.3 is 0 Å². The lowest BCUT2D eigenvalue weighted by Gasteiger charge is -2.09. The highest BCUT2D eigenvalue weighted by Gasteiger charge is 1.98. The Balaban J connectivity index is 4.23. The van der Waals surface area contributed by atoms with Crippen molar-refractivity contribution in [3.05, 3.63) is 23.7 Å². The van der Waals surface area contributed by atoms with E-state index in [0.29, 0.717) is 12.3 Å². The van der Waals surface area contributed by atoms with E-state index in [-0.39, 0.29) is 0 Å². The minimum Gasteiger partial charge on any atom is -0.467 e. The average Bonchev–Trinajstić information content (AvgIpc) is 1.88. The number of hydrogen-bond donors (Lipinski definition) is 1. The monoisotopic (exact) mass is 155 g/mol. The number of allylic oxidation sites excluding steroid dienone is 2. The molecule has 11 heavy (non-hydrogen) atoms. The normalized spacial score (nSPS) is 12.4. The van der Waals surface area contributed by atoms with Crippen LogP contribution in [-0.2, 0) is 4.74 Å². The Morgan fingerprint density at radius 2 is 2.00 bits per heavy atom. The largest absolute Gasteiger partial charge is 0.467 e. The average molecular weight is 155 g/mol. The molecule has 2 heteroatoms. The summed E-state index contributed by atoms with van der Waals surface area (Å²) in [6.07, 6.45) is 0.940. The SMILES string of the molecule is C=C(C)O/C(C)=C(/CC)CN. The predicted octanol–water partition coefficient (Wildman–Crippen LogP) is 2.18. The van der Waals surface area contributed by atoms with Crippen LogP contribution in [0.3, 0.4) is 0 Å². The van der Waals surface area contributed by atoms with Crippen LogP contribution in [0.25, 0.3) is 0 Å². The summed E-state index contributed by atoms with van der Waals surface area (Å²) in [5.41, 5.74) is 6.64. The molecule has 0 spiro atoms. The van der Waals surface area contributed by atoms with Crippen LogP contribution in [0, 0.1) is 0 Å². The fraction of sp³-hybridized carbons (Fsp3) is 0.556. The molecule has 0 atom stereocenters. The van der Waals surface area contributed by atoms with Gasteiger partial charge in [0, 0.05) is 6.54 Å². The fourth-order valence-corrected chi connectivity index (χ4v) is 0.871. The standard InChI is InChI=1S/C9H17NO/c1-5-9(6-10)8(4)11-7(2)3/h2,5-6,10H2,1,3-4H3/b9-8-. The Bertz CT molecular complexity index is 164. The molecule has 0 aliphatic carbocycles. The second kappa shape index (κ2) is 4.97. The zero-order valence-electron chi connectivity index (χ0n) is 7.61. The molecular formula is C9H17NO. The van der Waals surface area contributed by atoms with Crippen molar-refractivity contribution in [1.29, 1.82) is 0 Å². The molecule has 0 radical (unpaired) electrons. The molecule has 0 aromatic carbocycles. The van der Waals surface area contributed by atoms with Gasteiger partial charge in [-0.2, -0.15) is 0 Å². The molecular weight excluding hydrogens is 138 g/mol. The van der Waals surface area contributed by atoms with Crippen LogP contribution < -0.4 is 5.73 Å². The summed E-state index contributed by atoms with van der Waals surface area (Å²) in [6, 6.07) is 0. The van der Waals surface area contributed by atoms with Gasteiger partial charge in [-0.05, 0) is 25.8 Å². The zero-order valence-corrected chi connectivity index (χ0v) is 7.61. The van der Waals surface area contributed by atoms with Crippen LogP contribution in [-0.4, -0.2) is 6.54 Å². The van der Waals surface area contributed by atoms with Gasteiger partial charge in [0.25, 0.3) is 0 Å². The minimum absolute atomic E-state index is 0.565. The number of nitrogens with two attached hydrogens (primary N) is 1.